The van der Waals surface area contributed by atoms with E-state index < -0.39 is 5.54 Å². The van der Waals surface area contributed by atoms with E-state index in [0.29, 0.717) is 32.0 Å². The summed E-state index contributed by atoms with van der Waals surface area (Å²) in [5.74, 6) is 0.859. The molecular formula is C21H32N4O3. The number of ether oxygens (including phenoxy) is 1. The number of imidazole rings is 1. The number of nitrogens with one attached hydrogen (secondary N) is 1. The van der Waals surface area contributed by atoms with Gasteiger partial charge in [0.05, 0.1) is 17.6 Å². The number of hydrogen-bond donors (Lipinski definition) is 1. The van der Waals surface area contributed by atoms with Gasteiger partial charge in [-0.1, -0.05) is 19.3 Å². The van der Waals surface area contributed by atoms with Crippen LogP contribution in [-0.2, 0) is 26.3 Å². The molecule has 0 aromatic carbocycles. The van der Waals surface area contributed by atoms with E-state index in [0.717, 1.165) is 30.7 Å². The number of methoxy groups -OCH3 is 1. The Bertz CT molecular complexity index is 702. The first kappa shape index (κ1) is 19.4. The second-order valence-electron chi connectivity index (χ2n) is 8.58. The van der Waals surface area contributed by atoms with Crippen molar-refractivity contribution in [3.8, 4) is 0 Å². The number of hydrogen-bond acceptors (Lipinski definition) is 4. The summed E-state index contributed by atoms with van der Waals surface area (Å²) < 4.78 is 5.12. The molecule has 0 bridgehead atoms. The molecule has 3 heterocycles. The van der Waals surface area contributed by atoms with Crippen molar-refractivity contribution in [2.45, 2.75) is 63.3 Å². The predicted octanol–water partition coefficient (Wildman–Crippen LogP) is 2.23. The van der Waals surface area contributed by atoms with Crippen molar-refractivity contribution in [3.05, 3.63) is 17.7 Å². The summed E-state index contributed by atoms with van der Waals surface area (Å²) in [5, 5.41) is 0. The number of H-pyrrole nitrogens is 1. The van der Waals surface area contributed by atoms with Gasteiger partial charge in [-0.25, -0.2) is 4.98 Å². The van der Waals surface area contributed by atoms with Crippen LogP contribution in [0.2, 0.25) is 0 Å². The first-order valence-electron chi connectivity index (χ1n) is 10.7. The second-order valence-corrected chi connectivity index (χ2v) is 8.58. The maximum atomic E-state index is 12.9. The number of likely N-dealkylation sites (tertiary alicyclic amines) is 1. The Labute approximate surface area is 166 Å². The zero-order chi connectivity index (χ0) is 19.6. The lowest BCUT2D eigenvalue weighted by atomic mass is 9.78. The van der Waals surface area contributed by atoms with Crippen molar-refractivity contribution in [1.29, 1.82) is 0 Å². The summed E-state index contributed by atoms with van der Waals surface area (Å²) >= 11 is 0. The Morgan fingerprint density at radius 3 is 2.64 bits per heavy atom. The van der Waals surface area contributed by atoms with Crippen LogP contribution >= 0.6 is 0 Å². The molecular weight excluding hydrogens is 356 g/mol. The van der Waals surface area contributed by atoms with Gasteiger partial charge < -0.3 is 19.5 Å². The lowest BCUT2D eigenvalue weighted by Crippen LogP contribution is -2.59. The lowest BCUT2D eigenvalue weighted by Gasteiger charge is -2.50. The average molecular weight is 389 g/mol. The molecule has 0 radical (unpaired) electrons. The van der Waals surface area contributed by atoms with E-state index >= 15 is 0 Å². The van der Waals surface area contributed by atoms with Gasteiger partial charge in [0, 0.05) is 45.3 Å². The van der Waals surface area contributed by atoms with Crippen LogP contribution in [0.4, 0.5) is 0 Å². The summed E-state index contributed by atoms with van der Waals surface area (Å²) in [5.41, 5.74) is 1.70. The molecule has 28 heavy (non-hydrogen) atoms. The predicted molar refractivity (Wildman–Crippen MR) is 105 cm³/mol. The topological polar surface area (TPSA) is 78.5 Å². The highest BCUT2D eigenvalue weighted by Gasteiger charge is 2.49. The molecule has 7 heteroatoms. The number of carbonyl (C=O) groups excluding carboxylic acids is 2. The highest BCUT2D eigenvalue weighted by Crippen LogP contribution is 2.42. The summed E-state index contributed by atoms with van der Waals surface area (Å²) in [6.07, 6.45) is 10.9. The number of fused-ring (bicyclic) bond motifs is 2. The SMILES string of the molecule is COCC(=O)N1CCc2[nH]cnc2C12CCN(C(=O)CC1CCCCC1)CC2. The van der Waals surface area contributed by atoms with Crippen LogP contribution in [0.25, 0.3) is 0 Å². The van der Waals surface area contributed by atoms with Gasteiger partial charge in [0.25, 0.3) is 0 Å². The van der Waals surface area contributed by atoms with Crippen molar-refractivity contribution in [2.75, 3.05) is 33.4 Å². The summed E-state index contributed by atoms with van der Waals surface area (Å²) in [4.78, 5) is 37.4. The van der Waals surface area contributed by atoms with E-state index in [-0.39, 0.29) is 18.4 Å². The van der Waals surface area contributed by atoms with Crippen molar-refractivity contribution >= 4 is 11.8 Å². The third kappa shape index (κ3) is 3.56. The minimum atomic E-state index is -0.412. The lowest BCUT2D eigenvalue weighted by molar-refractivity contribution is -0.148. The largest absolute Gasteiger partial charge is 0.375 e. The maximum Gasteiger partial charge on any atom is 0.249 e. The second kappa shape index (κ2) is 8.23. The molecule has 154 valence electrons. The summed E-state index contributed by atoms with van der Waals surface area (Å²) in [7, 11) is 1.56. The molecule has 0 atom stereocenters. The van der Waals surface area contributed by atoms with Gasteiger partial charge in [-0.2, -0.15) is 0 Å². The standard InChI is InChI=1S/C21H32N4O3/c1-28-14-19(27)25-10-7-17-20(23-15-22-17)21(25)8-11-24(12-9-21)18(26)13-16-5-3-2-4-6-16/h15-16H,2-14H2,1H3,(H,22,23). The first-order chi connectivity index (χ1) is 13.6. The molecule has 4 rings (SSSR count). The molecule has 1 N–H and O–H groups in total. The molecule has 1 saturated heterocycles. The number of amides is 2. The van der Waals surface area contributed by atoms with E-state index in [1.54, 1.807) is 13.4 Å². The Morgan fingerprint density at radius 2 is 1.93 bits per heavy atom. The van der Waals surface area contributed by atoms with E-state index in [4.69, 9.17) is 4.74 Å². The first-order valence-corrected chi connectivity index (χ1v) is 10.7. The van der Waals surface area contributed by atoms with Crippen molar-refractivity contribution < 1.29 is 14.3 Å². The fourth-order valence-corrected chi connectivity index (χ4v) is 5.44. The molecule has 7 nitrogen and oxygen atoms in total. The van der Waals surface area contributed by atoms with Gasteiger partial charge in [0.15, 0.2) is 0 Å². The number of rotatable bonds is 4. The highest BCUT2D eigenvalue weighted by molar-refractivity contribution is 5.79. The van der Waals surface area contributed by atoms with E-state index in [1.807, 2.05) is 9.80 Å². The zero-order valence-corrected chi connectivity index (χ0v) is 16.9. The smallest absolute Gasteiger partial charge is 0.249 e. The molecule has 2 amide bonds. The van der Waals surface area contributed by atoms with Crippen LogP contribution in [0.1, 0.15) is 62.8 Å². The number of nitrogens with zero attached hydrogens (tertiary/aromatic N) is 3. The number of aromatic amines is 1. The summed E-state index contributed by atoms with van der Waals surface area (Å²) in [6, 6.07) is 0. The van der Waals surface area contributed by atoms with E-state index in [1.165, 1.54) is 32.1 Å². The fraction of sp³-hybridized carbons (Fsp3) is 0.762. The van der Waals surface area contributed by atoms with Crippen LogP contribution in [0.15, 0.2) is 6.33 Å². The molecule has 1 aromatic rings. The Balaban J connectivity index is 1.47. The van der Waals surface area contributed by atoms with Gasteiger partial charge in [-0.15, -0.1) is 0 Å². The number of piperidine rings is 1. The van der Waals surface area contributed by atoms with Crippen molar-refractivity contribution in [3.63, 3.8) is 0 Å². The Kier molecular flexibility index (Phi) is 5.71. The number of aromatic nitrogens is 2. The molecule has 2 fully saturated rings. The number of carbonyl (C=O) groups is 2. The Morgan fingerprint density at radius 1 is 1.18 bits per heavy atom. The molecule has 1 saturated carbocycles. The molecule has 3 aliphatic rings. The van der Waals surface area contributed by atoms with Gasteiger partial charge in [0.2, 0.25) is 11.8 Å². The van der Waals surface area contributed by atoms with Crippen LogP contribution in [0, 0.1) is 5.92 Å². The average Bonchev–Trinajstić information content (AvgIpc) is 3.20. The Hall–Kier alpha value is -1.89. The highest BCUT2D eigenvalue weighted by atomic mass is 16.5. The van der Waals surface area contributed by atoms with Crippen LogP contribution < -0.4 is 0 Å². The minimum absolute atomic E-state index is 0.0122. The quantitative estimate of drug-likeness (QED) is 0.858. The normalized spacial score (nSPS) is 22.3. The molecule has 0 unspecified atom stereocenters. The summed E-state index contributed by atoms with van der Waals surface area (Å²) in [6.45, 7) is 2.14. The molecule has 1 spiro atoms. The van der Waals surface area contributed by atoms with Crippen LogP contribution in [-0.4, -0.2) is 64.9 Å². The zero-order valence-electron chi connectivity index (χ0n) is 16.9. The van der Waals surface area contributed by atoms with Gasteiger partial charge in [0.1, 0.15) is 6.61 Å². The molecule has 2 aliphatic heterocycles. The van der Waals surface area contributed by atoms with Crippen LogP contribution in [0.3, 0.4) is 0 Å². The maximum absolute atomic E-state index is 12.9. The fourth-order valence-electron chi connectivity index (χ4n) is 5.44. The molecule has 1 aromatic heterocycles. The van der Waals surface area contributed by atoms with E-state index in [9.17, 15) is 9.59 Å². The van der Waals surface area contributed by atoms with Crippen molar-refractivity contribution in [1.82, 2.24) is 19.8 Å². The third-order valence-corrected chi connectivity index (χ3v) is 6.96. The van der Waals surface area contributed by atoms with Crippen molar-refractivity contribution in [2.24, 2.45) is 5.92 Å². The van der Waals surface area contributed by atoms with Gasteiger partial charge in [-0.05, 0) is 31.6 Å². The third-order valence-electron chi connectivity index (χ3n) is 6.96. The molecule has 1 aliphatic carbocycles. The minimum Gasteiger partial charge on any atom is -0.375 e. The monoisotopic (exact) mass is 388 g/mol. The van der Waals surface area contributed by atoms with Crippen LogP contribution in [0.5, 0.6) is 0 Å². The van der Waals surface area contributed by atoms with E-state index in [2.05, 4.69) is 9.97 Å². The van der Waals surface area contributed by atoms with Gasteiger partial charge >= 0.3 is 0 Å². The van der Waals surface area contributed by atoms with Gasteiger partial charge in [-0.3, -0.25) is 9.59 Å².